The van der Waals surface area contributed by atoms with Gasteiger partial charge in [-0.1, -0.05) is 11.2 Å². The number of ether oxygens (including phenoxy) is 1. The van der Waals surface area contributed by atoms with Crippen molar-refractivity contribution in [2.45, 2.75) is 38.6 Å². The summed E-state index contributed by atoms with van der Waals surface area (Å²) in [7, 11) is 1.62. The van der Waals surface area contributed by atoms with Crippen LogP contribution in [0.4, 0.5) is 0 Å². The molecular formula is C22H26N4O4. The zero-order valence-corrected chi connectivity index (χ0v) is 17.2. The normalized spacial score (nSPS) is 21.5. The molecule has 2 unspecified atom stereocenters. The van der Waals surface area contributed by atoms with Gasteiger partial charge in [0.2, 0.25) is 0 Å². The van der Waals surface area contributed by atoms with Crippen molar-refractivity contribution in [3.63, 3.8) is 0 Å². The van der Waals surface area contributed by atoms with Crippen LogP contribution in [0.2, 0.25) is 0 Å². The van der Waals surface area contributed by atoms with E-state index in [1.807, 2.05) is 36.1 Å². The van der Waals surface area contributed by atoms with Crippen LogP contribution >= 0.6 is 0 Å². The summed E-state index contributed by atoms with van der Waals surface area (Å²) in [6.07, 6.45) is 4.81. The number of nitrogens with two attached hydrogens (primary N) is 1. The second kappa shape index (κ2) is 8.22. The molecule has 2 aliphatic heterocycles. The van der Waals surface area contributed by atoms with Gasteiger partial charge < -0.3 is 25.2 Å². The molecule has 158 valence electrons. The lowest BCUT2D eigenvalue weighted by Crippen LogP contribution is -2.48. The molecule has 1 aromatic carbocycles. The van der Waals surface area contributed by atoms with Crippen LogP contribution in [-0.2, 0) is 16.1 Å². The van der Waals surface area contributed by atoms with Crippen LogP contribution in [0.25, 0.3) is 0 Å². The number of aromatic nitrogens is 1. The largest absolute Gasteiger partial charge is 0.496 e. The standard InChI is InChI=1S/C22H26N4O4/c1-13-10-18(24-11-13)20(23)25-30-22(28)14-6-7-15-8-9-16-17(21(27)26(15)12-14)4-3-5-19(16)29-2/h3-5,10-11,14-15,24H,6-9,12H2,1-2H3,(H2,23,25). The molecule has 2 atom stereocenters. The van der Waals surface area contributed by atoms with Crippen molar-refractivity contribution < 1.29 is 19.2 Å². The number of benzene rings is 1. The number of H-pyrrole nitrogens is 1. The van der Waals surface area contributed by atoms with Gasteiger partial charge in [0, 0.05) is 29.9 Å². The Kier molecular flexibility index (Phi) is 5.48. The molecule has 8 heteroatoms. The van der Waals surface area contributed by atoms with Crippen molar-refractivity contribution in [2.75, 3.05) is 13.7 Å². The zero-order chi connectivity index (χ0) is 21.3. The van der Waals surface area contributed by atoms with Gasteiger partial charge in [-0.15, -0.1) is 0 Å². The quantitative estimate of drug-likeness (QED) is 0.348. The summed E-state index contributed by atoms with van der Waals surface area (Å²) in [5, 5.41) is 3.78. The third-order valence-electron chi connectivity index (χ3n) is 5.95. The van der Waals surface area contributed by atoms with Crippen molar-refractivity contribution in [3.8, 4) is 5.75 Å². The molecular weight excluding hydrogens is 384 g/mol. The number of nitrogens with zero attached hydrogens (tertiary/aromatic N) is 2. The summed E-state index contributed by atoms with van der Waals surface area (Å²) < 4.78 is 5.45. The van der Waals surface area contributed by atoms with Crippen molar-refractivity contribution in [2.24, 2.45) is 16.8 Å². The summed E-state index contributed by atoms with van der Waals surface area (Å²) in [5.74, 6) is -0.117. The Hall–Kier alpha value is -3.29. The van der Waals surface area contributed by atoms with Crippen LogP contribution in [0.15, 0.2) is 35.6 Å². The highest BCUT2D eigenvalue weighted by Crippen LogP contribution is 2.34. The molecule has 0 bridgehead atoms. The maximum Gasteiger partial charge on any atom is 0.339 e. The average Bonchev–Trinajstić information content (AvgIpc) is 3.15. The lowest BCUT2D eigenvalue weighted by atomic mass is 9.91. The number of amidine groups is 1. The smallest absolute Gasteiger partial charge is 0.339 e. The van der Waals surface area contributed by atoms with Crippen LogP contribution in [0.5, 0.6) is 5.75 Å². The van der Waals surface area contributed by atoms with E-state index >= 15 is 0 Å². The first-order valence-corrected chi connectivity index (χ1v) is 10.1. The molecule has 8 nitrogen and oxygen atoms in total. The van der Waals surface area contributed by atoms with E-state index in [4.69, 9.17) is 15.3 Å². The molecule has 2 aliphatic rings. The van der Waals surface area contributed by atoms with Crippen LogP contribution in [0.3, 0.4) is 0 Å². The Morgan fingerprint density at radius 2 is 2.13 bits per heavy atom. The molecule has 0 aliphatic carbocycles. The Labute approximate surface area is 175 Å². The maximum absolute atomic E-state index is 13.2. The Morgan fingerprint density at radius 1 is 1.30 bits per heavy atom. The maximum atomic E-state index is 13.2. The fourth-order valence-electron chi connectivity index (χ4n) is 4.32. The first-order valence-electron chi connectivity index (χ1n) is 10.1. The van der Waals surface area contributed by atoms with Gasteiger partial charge in [-0.05, 0) is 56.4 Å². The highest BCUT2D eigenvalue weighted by atomic mass is 16.7. The summed E-state index contributed by atoms with van der Waals surface area (Å²) in [4.78, 5) is 35.7. The molecule has 3 heterocycles. The summed E-state index contributed by atoms with van der Waals surface area (Å²) in [6.45, 7) is 2.24. The second-order valence-corrected chi connectivity index (χ2v) is 7.89. The molecule has 3 N–H and O–H groups in total. The number of methoxy groups -OCH3 is 1. The van der Waals surface area contributed by atoms with Crippen LogP contribution in [-0.4, -0.2) is 47.3 Å². The topological polar surface area (TPSA) is 110 Å². The minimum absolute atomic E-state index is 0.0613. The Bertz CT molecular complexity index is 997. The predicted molar refractivity (Wildman–Crippen MR) is 111 cm³/mol. The molecule has 0 radical (unpaired) electrons. The summed E-state index contributed by atoms with van der Waals surface area (Å²) >= 11 is 0. The average molecular weight is 410 g/mol. The number of carbonyl (C=O) groups is 2. The number of aryl methyl sites for hydroxylation is 1. The van der Waals surface area contributed by atoms with Crippen LogP contribution < -0.4 is 10.5 Å². The number of nitrogens with one attached hydrogen (secondary N) is 1. The van der Waals surface area contributed by atoms with E-state index in [1.165, 1.54) is 0 Å². The second-order valence-electron chi connectivity index (χ2n) is 7.89. The van der Waals surface area contributed by atoms with Crippen molar-refractivity contribution in [1.29, 1.82) is 0 Å². The summed E-state index contributed by atoms with van der Waals surface area (Å²) in [6, 6.07) is 7.46. The number of amides is 1. The number of hydrogen-bond acceptors (Lipinski definition) is 5. The van der Waals surface area contributed by atoms with E-state index in [2.05, 4.69) is 10.1 Å². The molecule has 1 fully saturated rings. The minimum atomic E-state index is -0.470. The van der Waals surface area contributed by atoms with E-state index in [9.17, 15) is 9.59 Å². The van der Waals surface area contributed by atoms with Crippen LogP contribution in [0.1, 0.15) is 46.4 Å². The number of carbonyl (C=O) groups excluding carboxylic acids is 2. The predicted octanol–water partition coefficient (Wildman–Crippen LogP) is 2.36. The first-order chi connectivity index (χ1) is 14.5. The Balaban J connectivity index is 1.47. The first kappa shape index (κ1) is 20.0. The number of piperidine rings is 1. The zero-order valence-electron chi connectivity index (χ0n) is 17.2. The van der Waals surface area contributed by atoms with E-state index in [0.29, 0.717) is 24.2 Å². The van der Waals surface area contributed by atoms with E-state index < -0.39 is 11.9 Å². The molecule has 1 amide bonds. The number of fused-ring (bicyclic) bond motifs is 2. The van der Waals surface area contributed by atoms with Crippen molar-refractivity contribution in [3.05, 3.63) is 52.8 Å². The number of aromatic amines is 1. The van der Waals surface area contributed by atoms with E-state index in [-0.39, 0.29) is 17.8 Å². The monoisotopic (exact) mass is 410 g/mol. The third-order valence-corrected chi connectivity index (χ3v) is 5.95. The molecule has 1 aromatic heterocycles. The molecule has 0 spiro atoms. The molecule has 0 saturated carbocycles. The highest BCUT2D eigenvalue weighted by molar-refractivity contribution is 5.97. The Morgan fingerprint density at radius 3 is 2.87 bits per heavy atom. The van der Waals surface area contributed by atoms with Crippen LogP contribution in [0, 0.1) is 12.8 Å². The van der Waals surface area contributed by atoms with Gasteiger partial charge in [-0.3, -0.25) is 4.79 Å². The van der Waals surface area contributed by atoms with Gasteiger partial charge in [0.15, 0.2) is 5.84 Å². The minimum Gasteiger partial charge on any atom is -0.496 e. The SMILES string of the molecule is COc1cccc2c1CCC1CCC(C(=O)O/N=C(\N)c3cc(C)c[nH]3)CN1C2=O. The number of oxime groups is 1. The third kappa shape index (κ3) is 3.77. The highest BCUT2D eigenvalue weighted by Gasteiger charge is 2.38. The molecule has 4 rings (SSSR count). The van der Waals surface area contributed by atoms with E-state index in [0.717, 1.165) is 36.1 Å². The van der Waals surface area contributed by atoms with E-state index in [1.54, 1.807) is 13.3 Å². The van der Waals surface area contributed by atoms with Crippen molar-refractivity contribution >= 4 is 17.7 Å². The lowest BCUT2D eigenvalue weighted by molar-refractivity contribution is -0.150. The molecule has 1 saturated heterocycles. The molecule has 2 aromatic rings. The van der Waals surface area contributed by atoms with Gasteiger partial charge in [-0.25, -0.2) is 4.79 Å². The van der Waals surface area contributed by atoms with Crippen molar-refractivity contribution in [1.82, 2.24) is 9.88 Å². The van der Waals surface area contributed by atoms with Gasteiger partial charge >= 0.3 is 5.97 Å². The number of hydrogen-bond donors (Lipinski definition) is 2. The summed E-state index contributed by atoms with van der Waals surface area (Å²) in [5.41, 5.74) is 9.07. The fourth-order valence-corrected chi connectivity index (χ4v) is 4.32. The van der Waals surface area contributed by atoms with Gasteiger partial charge in [-0.2, -0.15) is 0 Å². The van der Waals surface area contributed by atoms with Gasteiger partial charge in [0.25, 0.3) is 5.91 Å². The van der Waals surface area contributed by atoms with Gasteiger partial charge in [0.05, 0.1) is 18.7 Å². The molecule has 30 heavy (non-hydrogen) atoms. The fraction of sp³-hybridized carbons (Fsp3) is 0.409. The lowest BCUT2D eigenvalue weighted by Gasteiger charge is -2.37. The number of rotatable bonds is 4. The van der Waals surface area contributed by atoms with Gasteiger partial charge in [0.1, 0.15) is 5.75 Å².